The third-order valence-electron chi connectivity index (χ3n) is 4.53. The standard InChI is InChI=1S/C18H15ClN4OS/c19-12-6-2-3-7-13(12)24-9-15-21-17-16-11-5-1-4-8-14(11)25-18(16)20-10-23(17)22-15/h2-3,6-7,10H,1,4-5,8-9H2. The average molecular weight is 371 g/mol. The number of hydrogen-bond acceptors (Lipinski definition) is 5. The number of thiophene rings is 1. The maximum absolute atomic E-state index is 6.13. The number of benzene rings is 1. The summed E-state index contributed by atoms with van der Waals surface area (Å²) in [4.78, 5) is 11.8. The number of rotatable bonds is 3. The molecule has 0 fully saturated rings. The molecule has 3 aromatic heterocycles. The summed E-state index contributed by atoms with van der Waals surface area (Å²) >= 11 is 7.93. The van der Waals surface area contributed by atoms with Gasteiger partial charge in [0.1, 0.15) is 23.5 Å². The number of hydrogen-bond donors (Lipinski definition) is 0. The highest BCUT2D eigenvalue weighted by atomic mass is 35.5. The largest absolute Gasteiger partial charge is 0.484 e. The number of para-hydroxylation sites is 1. The van der Waals surface area contributed by atoms with E-state index in [1.165, 1.54) is 28.7 Å². The minimum absolute atomic E-state index is 0.277. The van der Waals surface area contributed by atoms with Crippen molar-refractivity contribution in [3.63, 3.8) is 0 Å². The third-order valence-corrected chi connectivity index (χ3v) is 6.04. The van der Waals surface area contributed by atoms with E-state index >= 15 is 0 Å². The molecule has 4 aromatic rings. The predicted octanol–water partition coefficient (Wildman–Crippen LogP) is 4.45. The van der Waals surface area contributed by atoms with Crippen molar-refractivity contribution < 1.29 is 4.74 Å². The summed E-state index contributed by atoms with van der Waals surface area (Å²) in [6, 6.07) is 7.41. The van der Waals surface area contributed by atoms with Crippen LogP contribution in [0, 0.1) is 0 Å². The van der Waals surface area contributed by atoms with E-state index in [1.807, 2.05) is 18.2 Å². The summed E-state index contributed by atoms with van der Waals surface area (Å²) in [5.74, 6) is 1.27. The highest BCUT2D eigenvalue weighted by Crippen LogP contribution is 2.36. The lowest BCUT2D eigenvalue weighted by molar-refractivity contribution is 0.296. The van der Waals surface area contributed by atoms with Crippen molar-refractivity contribution in [2.45, 2.75) is 32.3 Å². The van der Waals surface area contributed by atoms with E-state index in [1.54, 1.807) is 28.2 Å². The fourth-order valence-electron chi connectivity index (χ4n) is 3.36. The second kappa shape index (κ2) is 5.97. The molecular formula is C18H15ClN4OS. The Bertz CT molecular complexity index is 1090. The first-order valence-electron chi connectivity index (χ1n) is 8.31. The van der Waals surface area contributed by atoms with Crippen molar-refractivity contribution in [2.75, 3.05) is 0 Å². The Morgan fingerprint density at radius 1 is 1.20 bits per heavy atom. The second-order valence-electron chi connectivity index (χ2n) is 6.15. The maximum atomic E-state index is 6.13. The molecule has 0 aliphatic heterocycles. The first kappa shape index (κ1) is 15.1. The smallest absolute Gasteiger partial charge is 0.189 e. The van der Waals surface area contributed by atoms with Gasteiger partial charge in [-0.25, -0.2) is 14.5 Å². The summed E-state index contributed by atoms with van der Waals surface area (Å²) in [7, 11) is 0. The number of aryl methyl sites for hydroxylation is 2. The van der Waals surface area contributed by atoms with E-state index in [4.69, 9.17) is 21.3 Å². The highest BCUT2D eigenvalue weighted by Gasteiger charge is 2.20. The zero-order valence-corrected chi connectivity index (χ0v) is 15.0. The van der Waals surface area contributed by atoms with Crippen molar-refractivity contribution in [3.05, 3.63) is 51.9 Å². The Morgan fingerprint density at radius 3 is 3.00 bits per heavy atom. The van der Waals surface area contributed by atoms with Gasteiger partial charge >= 0.3 is 0 Å². The molecule has 1 aromatic carbocycles. The van der Waals surface area contributed by atoms with Gasteiger partial charge in [-0.2, -0.15) is 0 Å². The molecule has 0 radical (unpaired) electrons. The van der Waals surface area contributed by atoms with E-state index < -0.39 is 0 Å². The Hall–Kier alpha value is -2.18. The zero-order chi connectivity index (χ0) is 16.8. The number of halogens is 1. The van der Waals surface area contributed by atoms with Crippen LogP contribution in [0.4, 0.5) is 0 Å². The molecule has 0 unspecified atom stereocenters. The molecule has 0 saturated heterocycles. The monoisotopic (exact) mass is 370 g/mol. The van der Waals surface area contributed by atoms with Crippen LogP contribution in [0.25, 0.3) is 15.9 Å². The van der Waals surface area contributed by atoms with Gasteiger partial charge in [-0.3, -0.25) is 0 Å². The summed E-state index contributed by atoms with van der Waals surface area (Å²) in [6.45, 7) is 0.277. The molecule has 0 N–H and O–H groups in total. The van der Waals surface area contributed by atoms with Gasteiger partial charge in [-0.15, -0.1) is 16.4 Å². The molecule has 126 valence electrons. The van der Waals surface area contributed by atoms with Gasteiger partial charge in [0.2, 0.25) is 0 Å². The fourth-order valence-corrected chi connectivity index (χ4v) is 4.78. The van der Waals surface area contributed by atoms with Crippen molar-refractivity contribution in [3.8, 4) is 5.75 Å². The molecule has 5 nitrogen and oxygen atoms in total. The minimum atomic E-state index is 0.277. The van der Waals surface area contributed by atoms with Crippen LogP contribution in [0.15, 0.2) is 30.6 Å². The van der Waals surface area contributed by atoms with Gasteiger partial charge < -0.3 is 4.74 Å². The van der Waals surface area contributed by atoms with E-state index in [2.05, 4.69) is 10.1 Å². The predicted molar refractivity (Wildman–Crippen MR) is 98.6 cm³/mol. The fraction of sp³-hybridized carbons (Fsp3) is 0.278. The number of fused-ring (bicyclic) bond motifs is 5. The third kappa shape index (κ3) is 2.56. The summed E-state index contributed by atoms with van der Waals surface area (Å²) < 4.78 is 7.53. The van der Waals surface area contributed by atoms with Crippen LogP contribution in [0.2, 0.25) is 5.02 Å². The Morgan fingerprint density at radius 2 is 2.08 bits per heavy atom. The van der Waals surface area contributed by atoms with Crippen LogP contribution in [0.3, 0.4) is 0 Å². The lowest BCUT2D eigenvalue weighted by Gasteiger charge is -2.09. The van der Waals surface area contributed by atoms with Gasteiger partial charge in [0.15, 0.2) is 11.5 Å². The van der Waals surface area contributed by atoms with Crippen molar-refractivity contribution in [2.24, 2.45) is 0 Å². The molecule has 0 amide bonds. The van der Waals surface area contributed by atoms with Gasteiger partial charge in [0.05, 0.1) is 10.4 Å². The highest BCUT2D eigenvalue weighted by molar-refractivity contribution is 7.19. The van der Waals surface area contributed by atoms with Crippen molar-refractivity contribution in [1.82, 2.24) is 19.6 Å². The SMILES string of the molecule is Clc1ccccc1OCc1nc2c3c4c(sc3ncn2n1)CCCC4. The molecule has 1 aliphatic rings. The van der Waals surface area contributed by atoms with Gasteiger partial charge in [-0.1, -0.05) is 23.7 Å². The quantitative estimate of drug-likeness (QED) is 0.534. The normalized spacial score (nSPS) is 14.1. The molecule has 0 spiro atoms. The second-order valence-corrected chi connectivity index (χ2v) is 7.64. The van der Waals surface area contributed by atoms with Crippen molar-refractivity contribution in [1.29, 1.82) is 0 Å². The van der Waals surface area contributed by atoms with Crippen LogP contribution in [-0.4, -0.2) is 19.6 Å². The van der Waals surface area contributed by atoms with E-state index in [0.29, 0.717) is 16.6 Å². The van der Waals surface area contributed by atoms with E-state index in [0.717, 1.165) is 23.3 Å². The molecule has 25 heavy (non-hydrogen) atoms. The van der Waals surface area contributed by atoms with Gasteiger partial charge in [-0.05, 0) is 43.4 Å². The van der Waals surface area contributed by atoms with Crippen LogP contribution in [0.5, 0.6) is 5.75 Å². The first-order valence-corrected chi connectivity index (χ1v) is 9.51. The van der Waals surface area contributed by atoms with Gasteiger partial charge in [0.25, 0.3) is 0 Å². The van der Waals surface area contributed by atoms with Crippen molar-refractivity contribution >= 4 is 38.8 Å². The van der Waals surface area contributed by atoms with E-state index in [9.17, 15) is 0 Å². The maximum Gasteiger partial charge on any atom is 0.189 e. The number of nitrogens with zero attached hydrogens (tertiary/aromatic N) is 4. The number of ether oxygens (including phenoxy) is 1. The lowest BCUT2D eigenvalue weighted by atomic mass is 9.97. The molecule has 7 heteroatoms. The molecule has 0 bridgehead atoms. The summed E-state index contributed by atoms with van der Waals surface area (Å²) in [5.41, 5.74) is 2.29. The Balaban J connectivity index is 1.54. The molecular weight excluding hydrogens is 356 g/mol. The molecule has 0 saturated carbocycles. The zero-order valence-electron chi connectivity index (χ0n) is 13.4. The van der Waals surface area contributed by atoms with Crippen LogP contribution in [0.1, 0.15) is 29.1 Å². The average Bonchev–Trinajstić information content (AvgIpc) is 3.21. The Kier molecular flexibility index (Phi) is 3.60. The van der Waals surface area contributed by atoms with Crippen LogP contribution >= 0.6 is 22.9 Å². The molecule has 0 atom stereocenters. The summed E-state index contributed by atoms with van der Waals surface area (Å²) in [5, 5.41) is 6.27. The van der Waals surface area contributed by atoms with E-state index in [-0.39, 0.29) is 6.61 Å². The van der Waals surface area contributed by atoms with Crippen LogP contribution in [-0.2, 0) is 19.4 Å². The minimum Gasteiger partial charge on any atom is -0.484 e. The first-order chi connectivity index (χ1) is 12.3. The summed E-state index contributed by atoms with van der Waals surface area (Å²) in [6.07, 6.45) is 6.50. The lowest BCUT2D eigenvalue weighted by Crippen LogP contribution is -1.99. The topological polar surface area (TPSA) is 52.3 Å². The molecule has 3 heterocycles. The van der Waals surface area contributed by atoms with Crippen LogP contribution < -0.4 is 4.74 Å². The Labute approximate surface area is 153 Å². The molecule has 1 aliphatic carbocycles. The van der Waals surface area contributed by atoms with Gasteiger partial charge in [0, 0.05) is 4.88 Å². The molecule has 5 rings (SSSR count). The number of aromatic nitrogens is 4.